The van der Waals surface area contributed by atoms with Crippen LogP contribution >= 0.6 is 0 Å². The molecule has 1 fully saturated rings. The Labute approximate surface area is 89.1 Å². The summed E-state index contributed by atoms with van der Waals surface area (Å²) < 4.78 is 0. The average Bonchev–Trinajstić information content (AvgIpc) is 2.09. The number of likely N-dealkylation sites (tertiary alicyclic amines) is 1. The monoisotopic (exact) mass is 198 g/mol. The van der Waals surface area contributed by atoms with Crippen LogP contribution in [0.15, 0.2) is 0 Å². The Hall–Kier alpha value is -0.0800. The topological polar surface area (TPSA) is 15.3 Å². The van der Waals surface area contributed by atoms with Gasteiger partial charge in [0.1, 0.15) is 0 Å². The quantitative estimate of drug-likeness (QED) is 0.746. The lowest BCUT2D eigenvalue weighted by molar-refractivity contribution is 0.120. The molecule has 0 aromatic carbocycles. The van der Waals surface area contributed by atoms with Gasteiger partial charge in [-0.05, 0) is 38.8 Å². The van der Waals surface area contributed by atoms with Gasteiger partial charge in [0, 0.05) is 18.6 Å². The summed E-state index contributed by atoms with van der Waals surface area (Å²) in [6.45, 7) is 11.6. The predicted octanol–water partition coefficient (Wildman–Crippen LogP) is 1.96. The van der Waals surface area contributed by atoms with Gasteiger partial charge < -0.3 is 10.2 Å². The summed E-state index contributed by atoms with van der Waals surface area (Å²) in [5.74, 6) is 1.55. The van der Waals surface area contributed by atoms with Crippen molar-refractivity contribution >= 4 is 0 Å². The Bertz CT molecular complexity index is 168. The predicted molar refractivity (Wildman–Crippen MR) is 62.5 cm³/mol. The van der Waals surface area contributed by atoms with E-state index in [2.05, 4.69) is 45.0 Å². The molecule has 3 unspecified atom stereocenters. The van der Waals surface area contributed by atoms with E-state index in [4.69, 9.17) is 0 Å². The SMILES string of the molecule is CC(C)CNC1CC(C)N(C)CC1C. The lowest BCUT2D eigenvalue weighted by atomic mass is 9.89. The molecular weight excluding hydrogens is 172 g/mol. The summed E-state index contributed by atoms with van der Waals surface area (Å²) in [4.78, 5) is 2.47. The van der Waals surface area contributed by atoms with Crippen LogP contribution in [0, 0.1) is 11.8 Å². The van der Waals surface area contributed by atoms with Crippen LogP contribution in [0.25, 0.3) is 0 Å². The third kappa shape index (κ3) is 3.25. The minimum atomic E-state index is 0.726. The first-order chi connectivity index (χ1) is 6.50. The number of nitrogens with one attached hydrogen (secondary N) is 1. The minimum absolute atomic E-state index is 0.726. The van der Waals surface area contributed by atoms with Gasteiger partial charge >= 0.3 is 0 Å². The van der Waals surface area contributed by atoms with E-state index in [1.165, 1.54) is 13.0 Å². The number of piperidine rings is 1. The van der Waals surface area contributed by atoms with E-state index in [1.807, 2.05) is 0 Å². The Morgan fingerprint density at radius 2 is 2.00 bits per heavy atom. The number of rotatable bonds is 3. The lowest BCUT2D eigenvalue weighted by Crippen LogP contribution is -2.51. The van der Waals surface area contributed by atoms with Crippen molar-refractivity contribution in [1.82, 2.24) is 10.2 Å². The first kappa shape index (κ1) is 12.0. The molecule has 0 saturated carbocycles. The molecule has 0 bridgehead atoms. The van der Waals surface area contributed by atoms with E-state index < -0.39 is 0 Å². The van der Waals surface area contributed by atoms with E-state index in [-0.39, 0.29) is 0 Å². The molecule has 0 aromatic rings. The molecule has 0 radical (unpaired) electrons. The van der Waals surface area contributed by atoms with Crippen LogP contribution in [0.4, 0.5) is 0 Å². The van der Waals surface area contributed by atoms with Crippen LogP contribution in [-0.4, -0.2) is 37.1 Å². The summed E-state index contributed by atoms with van der Waals surface area (Å²) in [5.41, 5.74) is 0. The molecule has 1 aliphatic heterocycles. The van der Waals surface area contributed by atoms with Crippen LogP contribution in [-0.2, 0) is 0 Å². The molecule has 1 aliphatic rings. The average molecular weight is 198 g/mol. The highest BCUT2D eigenvalue weighted by Crippen LogP contribution is 2.20. The maximum absolute atomic E-state index is 3.70. The van der Waals surface area contributed by atoms with Gasteiger partial charge in [0.25, 0.3) is 0 Å². The molecule has 1 rings (SSSR count). The van der Waals surface area contributed by atoms with Crippen molar-refractivity contribution in [3.8, 4) is 0 Å². The molecular formula is C12H26N2. The van der Waals surface area contributed by atoms with Gasteiger partial charge in [-0.1, -0.05) is 20.8 Å². The molecule has 0 spiro atoms. The van der Waals surface area contributed by atoms with E-state index in [0.29, 0.717) is 0 Å². The van der Waals surface area contributed by atoms with Gasteiger partial charge in [0.05, 0.1) is 0 Å². The fraction of sp³-hybridized carbons (Fsp3) is 1.00. The summed E-state index contributed by atoms with van der Waals surface area (Å²) in [6.07, 6.45) is 1.30. The standard InChI is InChI=1S/C12H26N2/c1-9(2)7-13-12-6-11(4)14(5)8-10(12)3/h9-13H,6-8H2,1-5H3. The van der Waals surface area contributed by atoms with Gasteiger partial charge in [0.2, 0.25) is 0 Å². The first-order valence-corrected chi connectivity index (χ1v) is 5.94. The van der Waals surface area contributed by atoms with E-state index >= 15 is 0 Å². The third-order valence-electron chi connectivity index (χ3n) is 3.40. The van der Waals surface area contributed by atoms with Gasteiger partial charge in [-0.15, -0.1) is 0 Å². The third-order valence-corrected chi connectivity index (χ3v) is 3.40. The van der Waals surface area contributed by atoms with Crippen molar-refractivity contribution in [3.63, 3.8) is 0 Å². The molecule has 84 valence electrons. The highest BCUT2D eigenvalue weighted by molar-refractivity contribution is 4.86. The van der Waals surface area contributed by atoms with Crippen LogP contribution < -0.4 is 5.32 Å². The molecule has 0 amide bonds. The molecule has 1 N–H and O–H groups in total. The van der Waals surface area contributed by atoms with Crippen molar-refractivity contribution in [3.05, 3.63) is 0 Å². The van der Waals surface area contributed by atoms with Crippen molar-refractivity contribution in [2.75, 3.05) is 20.1 Å². The zero-order valence-corrected chi connectivity index (χ0v) is 10.4. The van der Waals surface area contributed by atoms with Crippen molar-refractivity contribution < 1.29 is 0 Å². The second-order valence-corrected chi connectivity index (χ2v) is 5.41. The Morgan fingerprint density at radius 3 is 2.57 bits per heavy atom. The zero-order valence-electron chi connectivity index (χ0n) is 10.4. The molecule has 0 aromatic heterocycles. The summed E-state index contributed by atoms with van der Waals surface area (Å²) in [5, 5.41) is 3.70. The maximum Gasteiger partial charge on any atom is 0.0120 e. The number of hydrogen-bond acceptors (Lipinski definition) is 2. The Kier molecular flexibility index (Phi) is 4.39. The zero-order chi connectivity index (χ0) is 10.7. The van der Waals surface area contributed by atoms with Crippen molar-refractivity contribution in [2.24, 2.45) is 11.8 Å². The van der Waals surface area contributed by atoms with E-state index in [9.17, 15) is 0 Å². The van der Waals surface area contributed by atoms with Crippen molar-refractivity contribution in [1.29, 1.82) is 0 Å². The smallest absolute Gasteiger partial charge is 0.0120 e. The highest BCUT2D eigenvalue weighted by Gasteiger charge is 2.28. The molecule has 0 aliphatic carbocycles. The van der Waals surface area contributed by atoms with Crippen LogP contribution in [0.1, 0.15) is 34.1 Å². The molecule has 14 heavy (non-hydrogen) atoms. The van der Waals surface area contributed by atoms with Crippen LogP contribution in [0.2, 0.25) is 0 Å². The molecule has 2 heteroatoms. The van der Waals surface area contributed by atoms with Gasteiger partial charge in [-0.25, -0.2) is 0 Å². The van der Waals surface area contributed by atoms with Gasteiger partial charge in [-0.3, -0.25) is 0 Å². The van der Waals surface area contributed by atoms with Crippen molar-refractivity contribution in [2.45, 2.75) is 46.2 Å². The van der Waals surface area contributed by atoms with E-state index in [1.54, 1.807) is 0 Å². The lowest BCUT2D eigenvalue weighted by Gasteiger charge is -2.40. The molecule has 1 saturated heterocycles. The second kappa shape index (κ2) is 5.13. The minimum Gasteiger partial charge on any atom is -0.313 e. The Morgan fingerprint density at radius 1 is 1.36 bits per heavy atom. The van der Waals surface area contributed by atoms with Crippen LogP contribution in [0.5, 0.6) is 0 Å². The number of hydrogen-bond donors (Lipinski definition) is 1. The molecule has 1 heterocycles. The largest absolute Gasteiger partial charge is 0.313 e. The second-order valence-electron chi connectivity index (χ2n) is 5.41. The van der Waals surface area contributed by atoms with Crippen LogP contribution in [0.3, 0.4) is 0 Å². The summed E-state index contributed by atoms with van der Waals surface area (Å²) >= 11 is 0. The normalized spacial score (nSPS) is 35.1. The number of nitrogens with zero attached hydrogens (tertiary/aromatic N) is 1. The van der Waals surface area contributed by atoms with Gasteiger partial charge in [-0.2, -0.15) is 0 Å². The summed E-state index contributed by atoms with van der Waals surface area (Å²) in [7, 11) is 2.24. The van der Waals surface area contributed by atoms with E-state index in [0.717, 1.165) is 30.5 Å². The first-order valence-electron chi connectivity index (χ1n) is 5.94. The molecule has 2 nitrogen and oxygen atoms in total. The highest BCUT2D eigenvalue weighted by atomic mass is 15.2. The fourth-order valence-electron chi connectivity index (χ4n) is 2.21. The maximum atomic E-state index is 3.70. The molecule has 3 atom stereocenters. The Balaban J connectivity index is 2.37. The summed E-state index contributed by atoms with van der Waals surface area (Å²) in [6, 6.07) is 1.46. The fourth-order valence-corrected chi connectivity index (χ4v) is 2.21. The van der Waals surface area contributed by atoms with Gasteiger partial charge in [0.15, 0.2) is 0 Å².